The summed E-state index contributed by atoms with van der Waals surface area (Å²) < 4.78 is 14.5. The van der Waals surface area contributed by atoms with Crippen molar-refractivity contribution in [2.45, 2.75) is 6.61 Å². The second kappa shape index (κ2) is 10.7. The first kappa shape index (κ1) is 25.0. The maximum Gasteiger partial charge on any atom is 0.363 e. The molecule has 0 N–H and O–H groups in total. The molecule has 0 spiro atoms. The molecule has 1 heterocycles. The first-order valence-corrected chi connectivity index (χ1v) is 13.0. The topological polar surface area (TPSA) is 91.0 Å². The van der Waals surface area contributed by atoms with Crippen LogP contribution in [0.25, 0.3) is 6.08 Å². The summed E-state index contributed by atoms with van der Waals surface area (Å²) in [6, 6.07) is 15.3. The van der Waals surface area contributed by atoms with E-state index in [-0.39, 0.29) is 23.9 Å². The molecule has 34 heavy (non-hydrogen) atoms. The van der Waals surface area contributed by atoms with Crippen molar-refractivity contribution < 1.29 is 19.2 Å². The van der Waals surface area contributed by atoms with Crippen molar-refractivity contribution in [3.05, 3.63) is 104 Å². The predicted molar refractivity (Wildman–Crippen MR) is 147 cm³/mol. The number of esters is 1. The summed E-state index contributed by atoms with van der Waals surface area (Å²) >= 11 is 12.7. The van der Waals surface area contributed by atoms with E-state index >= 15 is 0 Å². The third kappa shape index (κ3) is 5.75. The minimum atomic E-state index is -0.532. The molecule has 0 aromatic heterocycles. The van der Waals surface area contributed by atoms with E-state index in [2.05, 4.69) is 75.4 Å². The van der Waals surface area contributed by atoms with Crippen LogP contribution in [0.1, 0.15) is 16.7 Å². The van der Waals surface area contributed by atoms with Gasteiger partial charge in [-0.05, 0) is 130 Å². The monoisotopic (exact) mass is 760 g/mol. The first-order chi connectivity index (χ1) is 16.2. The molecule has 3 aromatic carbocycles. The van der Waals surface area contributed by atoms with Crippen molar-refractivity contribution in [1.82, 2.24) is 0 Å². The van der Waals surface area contributed by atoms with Gasteiger partial charge in [0.25, 0.3) is 5.69 Å². The lowest BCUT2D eigenvalue weighted by atomic mass is 10.2. The molecule has 0 unspecified atom stereocenters. The molecule has 0 saturated carbocycles. The zero-order valence-electron chi connectivity index (χ0n) is 16.9. The van der Waals surface area contributed by atoms with Crippen LogP contribution in [-0.2, 0) is 16.1 Å². The van der Waals surface area contributed by atoms with Gasteiger partial charge in [-0.1, -0.05) is 0 Å². The van der Waals surface area contributed by atoms with E-state index in [1.54, 1.807) is 30.3 Å². The molecule has 0 radical (unpaired) electrons. The van der Waals surface area contributed by atoms with Gasteiger partial charge in [-0.25, -0.2) is 9.79 Å². The number of hydrogen-bond donors (Lipinski definition) is 0. The van der Waals surface area contributed by atoms with E-state index in [0.29, 0.717) is 25.8 Å². The van der Waals surface area contributed by atoms with Crippen molar-refractivity contribution in [2.75, 3.05) is 0 Å². The molecule has 0 bridgehead atoms. The number of carbonyl (C=O) groups is 1. The van der Waals surface area contributed by atoms with Crippen LogP contribution in [0.15, 0.2) is 78.7 Å². The van der Waals surface area contributed by atoms with E-state index in [0.717, 1.165) is 13.6 Å². The van der Waals surface area contributed by atoms with Crippen molar-refractivity contribution in [1.29, 1.82) is 0 Å². The lowest BCUT2D eigenvalue weighted by Gasteiger charge is -2.11. The van der Waals surface area contributed by atoms with Crippen LogP contribution in [0.3, 0.4) is 0 Å². The number of carbonyl (C=O) groups excluding carboxylic acids is 1. The zero-order valence-corrected chi connectivity index (χ0v) is 23.8. The fraction of sp³-hybridized carbons (Fsp3) is 0.0435. The number of nitrogens with zero attached hydrogens (tertiary/aromatic N) is 2. The number of nitro benzene ring substituents is 1. The van der Waals surface area contributed by atoms with Gasteiger partial charge in [0, 0.05) is 25.7 Å². The molecule has 7 nitrogen and oxygen atoms in total. The molecular formula is C23H12Br3IN2O5. The van der Waals surface area contributed by atoms with Gasteiger partial charge >= 0.3 is 5.97 Å². The minimum Gasteiger partial charge on any atom is -0.487 e. The number of nitro groups is 1. The van der Waals surface area contributed by atoms with Crippen LogP contribution >= 0.6 is 70.4 Å². The third-order valence-electron chi connectivity index (χ3n) is 4.64. The zero-order chi connectivity index (χ0) is 24.4. The van der Waals surface area contributed by atoms with Crippen LogP contribution in [-0.4, -0.2) is 16.8 Å². The summed E-state index contributed by atoms with van der Waals surface area (Å²) in [6.45, 7) is 0.223. The summed E-state index contributed by atoms with van der Waals surface area (Å²) in [4.78, 5) is 27.1. The molecule has 0 amide bonds. The number of rotatable bonds is 6. The molecule has 3 aromatic rings. The van der Waals surface area contributed by atoms with Crippen LogP contribution in [0.2, 0.25) is 0 Å². The Bertz CT molecular complexity index is 1350. The van der Waals surface area contributed by atoms with E-state index in [9.17, 15) is 14.9 Å². The number of cyclic esters (lactones) is 1. The molecule has 0 aliphatic carbocycles. The van der Waals surface area contributed by atoms with E-state index in [1.165, 1.54) is 12.1 Å². The van der Waals surface area contributed by atoms with Gasteiger partial charge in [-0.15, -0.1) is 0 Å². The summed E-state index contributed by atoms with van der Waals surface area (Å²) in [5.41, 5.74) is 2.40. The van der Waals surface area contributed by atoms with Crippen molar-refractivity contribution >= 4 is 94.0 Å². The second-order valence-corrected chi connectivity index (χ2v) is 10.7. The molecular weight excluding hydrogens is 751 g/mol. The van der Waals surface area contributed by atoms with Gasteiger partial charge in [-0.2, -0.15) is 0 Å². The Morgan fingerprint density at radius 2 is 1.71 bits per heavy atom. The van der Waals surface area contributed by atoms with Gasteiger partial charge < -0.3 is 9.47 Å². The predicted octanol–water partition coefficient (Wildman–Crippen LogP) is 7.41. The van der Waals surface area contributed by atoms with Crippen LogP contribution in [0, 0.1) is 13.7 Å². The number of non-ortho nitro benzene ring substituents is 1. The van der Waals surface area contributed by atoms with E-state index < -0.39 is 10.9 Å². The fourth-order valence-electron chi connectivity index (χ4n) is 2.99. The van der Waals surface area contributed by atoms with Gasteiger partial charge in [0.05, 0.1) is 13.9 Å². The molecule has 0 fully saturated rings. The Morgan fingerprint density at radius 3 is 2.32 bits per heavy atom. The molecule has 1 aliphatic heterocycles. The maximum atomic E-state index is 12.4. The number of halogens is 4. The van der Waals surface area contributed by atoms with Crippen LogP contribution < -0.4 is 4.74 Å². The van der Waals surface area contributed by atoms with Gasteiger partial charge in [-0.3, -0.25) is 10.1 Å². The molecule has 172 valence electrons. The van der Waals surface area contributed by atoms with Crippen LogP contribution in [0.4, 0.5) is 5.69 Å². The highest BCUT2D eigenvalue weighted by atomic mass is 127. The fourth-order valence-corrected chi connectivity index (χ4v) is 5.15. The SMILES string of the molecule is O=C1OC(c2ccc(I)c(Br)c2)=N/C1=C\c1cc(Br)c(OCc2ccc([N+](=O)[O-])cc2)c(Br)c1. The highest BCUT2D eigenvalue weighted by Crippen LogP contribution is 2.36. The lowest BCUT2D eigenvalue weighted by molar-refractivity contribution is -0.384. The van der Waals surface area contributed by atoms with Crippen molar-refractivity contribution in [3.63, 3.8) is 0 Å². The quantitative estimate of drug-likeness (QED) is 0.0859. The van der Waals surface area contributed by atoms with Crippen molar-refractivity contribution in [2.24, 2.45) is 4.99 Å². The standard InChI is InChI=1S/C23H12Br3IN2O5/c24-16-10-14(3-6-19(16)27)22-28-20(23(30)34-22)9-13-7-17(25)21(18(26)8-13)33-11-12-1-4-15(5-2-12)29(31)32/h1-10H,11H2/b20-9-. The maximum absolute atomic E-state index is 12.4. The number of benzene rings is 3. The summed E-state index contributed by atoms with van der Waals surface area (Å²) in [7, 11) is 0. The average molecular weight is 763 g/mol. The average Bonchev–Trinajstić information content (AvgIpc) is 3.15. The van der Waals surface area contributed by atoms with Crippen molar-refractivity contribution in [3.8, 4) is 5.75 Å². The minimum absolute atomic E-state index is 0.0226. The Kier molecular flexibility index (Phi) is 7.85. The second-order valence-electron chi connectivity index (χ2n) is 6.99. The molecule has 1 aliphatic rings. The molecule has 0 atom stereocenters. The first-order valence-electron chi connectivity index (χ1n) is 9.54. The number of hydrogen-bond acceptors (Lipinski definition) is 6. The largest absolute Gasteiger partial charge is 0.487 e. The summed E-state index contributed by atoms with van der Waals surface area (Å²) in [5, 5.41) is 10.8. The normalized spacial score (nSPS) is 14.2. The summed E-state index contributed by atoms with van der Waals surface area (Å²) in [5.74, 6) is 0.271. The molecule has 4 rings (SSSR count). The van der Waals surface area contributed by atoms with Crippen LogP contribution in [0.5, 0.6) is 5.75 Å². The highest BCUT2D eigenvalue weighted by Gasteiger charge is 2.25. The Morgan fingerprint density at radius 1 is 1.03 bits per heavy atom. The van der Waals surface area contributed by atoms with E-state index in [4.69, 9.17) is 9.47 Å². The third-order valence-corrected chi connectivity index (χ3v) is 8.16. The molecule has 11 heteroatoms. The Hall–Kier alpha value is -2.09. The summed E-state index contributed by atoms with van der Waals surface area (Å²) in [6.07, 6.45) is 1.63. The van der Waals surface area contributed by atoms with E-state index in [1.807, 2.05) is 18.2 Å². The number of ether oxygens (including phenoxy) is 2. The Labute approximate surface area is 232 Å². The van der Waals surface area contributed by atoms with Gasteiger partial charge in [0.1, 0.15) is 12.4 Å². The lowest BCUT2D eigenvalue weighted by Crippen LogP contribution is -2.05. The Balaban J connectivity index is 1.53. The molecule has 0 saturated heterocycles. The van der Waals surface area contributed by atoms with Gasteiger partial charge in [0.15, 0.2) is 5.70 Å². The number of aliphatic imine (C=N–C) groups is 1. The highest BCUT2D eigenvalue weighted by molar-refractivity contribution is 14.1. The van der Waals surface area contributed by atoms with Gasteiger partial charge in [0.2, 0.25) is 5.90 Å². The smallest absolute Gasteiger partial charge is 0.363 e.